The van der Waals surface area contributed by atoms with Gasteiger partial charge in [-0.15, -0.1) is 11.3 Å². The van der Waals surface area contributed by atoms with E-state index in [0.717, 1.165) is 12.5 Å². The molecular weight excluding hydrogens is 308 g/mol. The largest absolute Gasteiger partial charge is 0.309 e. The van der Waals surface area contributed by atoms with Gasteiger partial charge in [0.1, 0.15) is 0 Å². The first-order valence-electron chi connectivity index (χ1n) is 6.81. The molecule has 1 aromatic heterocycles. The summed E-state index contributed by atoms with van der Waals surface area (Å²) < 4.78 is 1.20. The summed E-state index contributed by atoms with van der Waals surface area (Å²) in [7, 11) is 2.23. The number of nitrogens with one attached hydrogen (secondary N) is 1. The van der Waals surface area contributed by atoms with E-state index in [-0.39, 0.29) is 0 Å². The number of likely N-dealkylation sites (tertiary alicyclic amines) is 1. The predicted octanol–water partition coefficient (Wildman–Crippen LogP) is 3.89. The molecule has 0 amide bonds. The van der Waals surface area contributed by atoms with Gasteiger partial charge in [0.25, 0.3) is 0 Å². The molecule has 2 heterocycles. The molecule has 1 atom stereocenters. The number of rotatable bonds is 5. The normalized spacial score (nSPS) is 20.2. The zero-order chi connectivity index (χ0) is 13.0. The van der Waals surface area contributed by atoms with Crippen molar-refractivity contribution in [3.05, 3.63) is 20.8 Å². The first kappa shape index (κ1) is 14.5. The molecule has 1 unspecified atom stereocenters. The van der Waals surface area contributed by atoms with Crippen LogP contribution < -0.4 is 5.32 Å². The van der Waals surface area contributed by atoms with Crippen LogP contribution in [0.4, 0.5) is 0 Å². The lowest BCUT2D eigenvalue weighted by Crippen LogP contribution is -2.31. The second-order valence-corrected chi connectivity index (χ2v) is 7.24. The Labute approximate surface area is 123 Å². The van der Waals surface area contributed by atoms with Gasteiger partial charge in [-0.2, -0.15) is 0 Å². The third-order valence-corrected chi connectivity index (χ3v) is 5.73. The fourth-order valence-electron chi connectivity index (χ4n) is 2.51. The first-order chi connectivity index (χ1) is 8.65. The van der Waals surface area contributed by atoms with Crippen molar-refractivity contribution in [2.45, 2.75) is 32.2 Å². The first-order valence-corrected chi connectivity index (χ1v) is 8.48. The van der Waals surface area contributed by atoms with Gasteiger partial charge in [0.05, 0.1) is 0 Å². The number of piperidine rings is 1. The average molecular weight is 331 g/mol. The van der Waals surface area contributed by atoms with E-state index >= 15 is 0 Å². The summed E-state index contributed by atoms with van der Waals surface area (Å²) in [5, 5.41) is 5.80. The van der Waals surface area contributed by atoms with E-state index in [9.17, 15) is 0 Å². The van der Waals surface area contributed by atoms with Crippen LogP contribution in [0, 0.1) is 5.92 Å². The van der Waals surface area contributed by atoms with Crippen molar-refractivity contribution in [3.63, 3.8) is 0 Å². The highest BCUT2D eigenvalue weighted by atomic mass is 79.9. The summed E-state index contributed by atoms with van der Waals surface area (Å²) in [6.07, 6.45) is 4.07. The van der Waals surface area contributed by atoms with Gasteiger partial charge >= 0.3 is 0 Å². The Morgan fingerprint density at radius 2 is 2.22 bits per heavy atom. The van der Waals surface area contributed by atoms with E-state index in [1.165, 1.54) is 41.7 Å². The molecule has 2 nitrogen and oxygen atoms in total. The van der Waals surface area contributed by atoms with Crippen molar-refractivity contribution in [1.82, 2.24) is 10.2 Å². The molecule has 1 aliphatic heterocycles. The van der Waals surface area contributed by atoms with E-state index in [2.05, 4.69) is 51.6 Å². The molecule has 1 aromatic rings. The van der Waals surface area contributed by atoms with E-state index in [0.29, 0.717) is 6.04 Å². The lowest BCUT2D eigenvalue weighted by molar-refractivity contribution is 0.211. The Kier molecular flexibility index (Phi) is 5.67. The summed E-state index contributed by atoms with van der Waals surface area (Å²) in [5.74, 6) is 0.927. The van der Waals surface area contributed by atoms with Gasteiger partial charge in [-0.05, 0) is 80.8 Å². The van der Waals surface area contributed by atoms with Gasteiger partial charge < -0.3 is 10.2 Å². The molecule has 102 valence electrons. The van der Waals surface area contributed by atoms with Gasteiger partial charge in [0.2, 0.25) is 0 Å². The average Bonchev–Trinajstić information content (AvgIpc) is 2.78. The maximum atomic E-state index is 3.65. The molecule has 1 N–H and O–H groups in total. The topological polar surface area (TPSA) is 15.3 Å². The molecule has 0 bridgehead atoms. The summed E-state index contributed by atoms with van der Waals surface area (Å²) in [6.45, 7) is 5.95. The standard InChI is InChI=1S/C14H23BrN2S/c1-11(14-9-13(15)10-18-14)16-6-3-12-4-7-17(2)8-5-12/h9-12,16H,3-8H2,1-2H3. The maximum absolute atomic E-state index is 3.65. The molecular formula is C14H23BrN2S. The number of nitrogens with zero attached hydrogens (tertiary/aromatic N) is 1. The molecule has 0 aliphatic carbocycles. The Balaban J connectivity index is 1.66. The van der Waals surface area contributed by atoms with Crippen molar-refractivity contribution in [1.29, 1.82) is 0 Å². The second-order valence-electron chi connectivity index (χ2n) is 5.38. The lowest BCUT2D eigenvalue weighted by Gasteiger charge is -2.29. The van der Waals surface area contributed by atoms with Crippen LogP contribution in [0.5, 0.6) is 0 Å². The number of hydrogen-bond donors (Lipinski definition) is 1. The van der Waals surface area contributed by atoms with Crippen LogP contribution in [0.15, 0.2) is 15.9 Å². The zero-order valence-electron chi connectivity index (χ0n) is 11.3. The van der Waals surface area contributed by atoms with Crippen molar-refractivity contribution >= 4 is 27.3 Å². The van der Waals surface area contributed by atoms with Crippen LogP contribution in [0.25, 0.3) is 0 Å². The molecule has 1 fully saturated rings. The SMILES string of the molecule is CC(NCCC1CCN(C)CC1)c1cc(Br)cs1. The molecule has 0 spiro atoms. The van der Waals surface area contributed by atoms with Gasteiger partial charge in [-0.25, -0.2) is 0 Å². The van der Waals surface area contributed by atoms with Crippen LogP contribution in [-0.4, -0.2) is 31.6 Å². The third-order valence-electron chi connectivity index (χ3n) is 3.86. The molecule has 2 rings (SSSR count). The fourth-order valence-corrected chi connectivity index (χ4v) is 3.99. The maximum Gasteiger partial charge on any atom is 0.0386 e. The van der Waals surface area contributed by atoms with Crippen molar-refractivity contribution in [3.8, 4) is 0 Å². The number of thiophene rings is 1. The summed E-state index contributed by atoms with van der Waals surface area (Å²) in [4.78, 5) is 3.86. The highest BCUT2D eigenvalue weighted by Crippen LogP contribution is 2.25. The van der Waals surface area contributed by atoms with E-state index in [1.807, 2.05) is 11.3 Å². The predicted molar refractivity (Wildman–Crippen MR) is 83.3 cm³/mol. The van der Waals surface area contributed by atoms with Crippen LogP contribution in [-0.2, 0) is 0 Å². The molecule has 4 heteroatoms. The second kappa shape index (κ2) is 7.04. The quantitative estimate of drug-likeness (QED) is 0.880. The van der Waals surface area contributed by atoms with Crippen LogP contribution in [0.2, 0.25) is 0 Å². The minimum absolute atomic E-state index is 0.479. The minimum Gasteiger partial charge on any atom is -0.309 e. The molecule has 0 radical (unpaired) electrons. The van der Waals surface area contributed by atoms with E-state index in [1.54, 1.807) is 0 Å². The van der Waals surface area contributed by atoms with Gasteiger partial charge in [0, 0.05) is 20.8 Å². The van der Waals surface area contributed by atoms with Crippen LogP contribution >= 0.6 is 27.3 Å². The summed E-state index contributed by atoms with van der Waals surface area (Å²) in [6, 6.07) is 2.70. The van der Waals surface area contributed by atoms with Gasteiger partial charge in [-0.1, -0.05) is 0 Å². The molecule has 1 saturated heterocycles. The monoisotopic (exact) mass is 330 g/mol. The zero-order valence-corrected chi connectivity index (χ0v) is 13.7. The van der Waals surface area contributed by atoms with Gasteiger partial charge in [0.15, 0.2) is 0 Å². The lowest BCUT2D eigenvalue weighted by atomic mass is 9.94. The molecule has 1 aliphatic rings. The highest BCUT2D eigenvalue weighted by Gasteiger charge is 2.16. The Bertz CT molecular complexity index is 358. The van der Waals surface area contributed by atoms with E-state index < -0.39 is 0 Å². The van der Waals surface area contributed by atoms with E-state index in [4.69, 9.17) is 0 Å². The van der Waals surface area contributed by atoms with Crippen LogP contribution in [0.3, 0.4) is 0 Å². The molecule has 18 heavy (non-hydrogen) atoms. The number of hydrogen-bond acceptors (Lipinski definition) is 3. The molecule has 0 saturated carbocycles. The van der Waals surface area contributed by atoms with Gasteiger partial charge in [-0.3, -0.25) is 0 Å². The fraction of sp³-hybridized carbons (Fsp3) is 0.714. The van der Waals surface area contributed by atoms with Crippen LogP contribution in [0.1, 0.15) is 37.1 Å². The summed E-state index contributed by atoms with van der Waals surface area (Å²) >= 11 is 5.34. The minimum atomic E-state index is 0.479. The molecule has 0 aromatic carbocycles. The highest BCUT2D eigenvalue weighted by molar-refractivity contribution is 9.10. The number of halogens is 1. The summed E-state index contributed by atoms with van der Waals surface area (Å²) in [5.41, 5.74) is 0. The van der Waals surface area contributed by atoms with Crippen molar-refractivity contribution < 1.29 is 0 Å². The van der Waals surface area contributed by atoms with Crippen molar-refractivity contribution in [2.75, 3.05) is 26.7 Å². The Hall–Kier alpha value is 0.1000. The smallest absolute Gasteiger partial charge is 0.0386 e. The Morgan fingerprint density at radius 1 is 1.50 bits per heavy atom. The third kappa shape index (κ3) is 4.34. The van der Waals surface area contributed by atoms with Crippen molar-refractivity contribution in [2.24, 2.45) is 5.92 Å². The Morgan fingerprint density at radius 3 is 2.83 bits per heavy atom.